The van der Waals surface area contributed by atoms with Gasteiger partial charge in [-0.05, 0) is 50.0 Å². The third kappa shape index (κ3) is 2.75. The largest absolute Gasteiger partial charge is 0.305 e. The zero-order valence-corrected chi connectivity index (χ0v) is 12.9. The van der Waals surface area contributed by atoms with Crippen LogP contribution in [0.5, 0.6) is 0 Å². The molecule has 2 aliphatic rings. The third-order valence-corrected chi connectivity index (χ3v) is 6.22. The van der Waals surface area contributed by atoms with E-state index in [2.05, 4.69) is 30.9 Å². The molecule has 1 aliphatic heterocycles. The molecule has 100 valence electrons. The minimum Gasteiger partial charge on any atom is -0.305 e. The number of aromatic nitrogens is 1. The first kappa shape index (κ1) is 12.9. The maximum Gasteiger partial charge on any atom is 0.110 e. The highest BCUT2D eigenvalue weighted by Gasteiger charge is 2.34. The van der Waals surface area contributed by atoms with Gasteiger partial charge in [-0.25, -0.2) is 4.98 Å². The Labute approximate surface area is 118 Å². The molecule has 1 aliphatic carbocycles. The molecule has 0 radical (unpaired) electrons. The van der Waals surface area contributed by atoms with E-state index in [1.54, 1.807) is 0 Å². The van der Waals surface area contributed by atoms with Crippen LogP contribution in [-0.4, -0.2) is 22.5 Å². The number of nitrogens with one attached hydrogen (secondary N) is 1. The first-order valence-electron chi connectivity index (χ1n) is 7.08. The molecule has 1 saturated carbocycles. The number of hydrogen-bond donors (Lipinski definition) is 1. The van der Waals surface area contributed by atoms with E-state index in [0.29, 0.717) is 6.04 Å². The lowest BCUT2D eigenvalue weighted by Gasteiger charge is -2.22. The van der Waals surface area contributed by atoms with Gasteiger partial charge >= 0.3 is 0 Å². The molecule has 0 bridgehead atoms. The van der Waals surface area contributed by atoms with Crippen molar-refractivity contribution in [1.29, 1.82) is 0 Å². The summed E-state index contributed by atoms with van der Waals surface area (Å²) < 4.78 is 0. The Balaban J connectivity index is 1.80. The van der Waals surface area contributed by atoms with Crippen molar-refractivity contribution in [3.05, 3.63) is 15.6 Å². The third-order valence-electron chi connectivity index (χ3n) is 3.94. The second kappa shape index (κ2) is 5.51. The highest BCUT2D eigenvalue weighted by Crippen LogP contribution is 2.38. The average Bonchev–Trinajstić information content (AvgIpc) is 2.90. The summed E-state index contributed by atoms with van der Waals surface area (Å²) in [4.78, 5) is 6.32. The van der Waals surface area contributed by atoms with E-state index in [1.807, 2.05) is 11.3 Å². The van der Waals surface area contributed by atoms with E-state index in [1.165, 1.54) is 46.3 Å². The summed E-state index contributed by atoms with van der Waals surface area (Å²) in [5.74, 6) is 3.44. The van der Waals surface area contributed by atoms with Gasteiger partial charge in [-0.2, -0.15) is 11.8 Å². The van der Waals surface area contributed by atoms with Crippen molar-refractivity contribution in [1.82, 2.24) is 10.3 Å². The fraction of sp³-hybridized carbons (Fsp3) is 0.786. The highest BCUT2D eigenvalue weighted by molar-refractivity contribution is 7.99. The van der Waals surface area contributed by atoms with Gasteiger partial charge < -0.3 is 5.32 Å². The molecule has 1 aromatic heterocycles. The molecule has 0 spiro atoms. The van der Waals surface area contributed by atoms with Gasteiger partial charge in [-0.15, -0.1) is 11.3 Å². The molecule has 3 rings (SSSR count). The second-order valence-corrected chi connectivity index (χ2v) is 7.84. The Hall–Kier alpha value is -0.0600. The van der Waals surface area contributed by atoms with Crippen molar-refractivity contribution < 1.29 is 0 Å². The minimum absolute atomic E-state index is 0.525. The number of aryl methyl sites for hydroxylation is 2. The smallest absolute Gasteiger partial charge is 0.110 e. The standard InChI is InChI=1S/C14H22N2S2/c1-3-12-9(2)18-14(16-12)13(15-11-4-5-11)10-6-7-17-8-10/h10-11,13,15H,3-8H2,1-2H3. The van der Waals surface area contributed by atoms with E-state index in [9.17, 15) is 0 Å². The molecule has 1 N–H and O–H groups in total. The molecular formula is C14H22N2S2. The van der Waals surface area contributed by atoms with Crippen LogP contribution in [0.2, 0.25) is 0 Å². The maximum atomic E-state index is 4.90. The summed E-state index contributed by atoms with van der Waals surface area (Å²) >= 11 is 4.03. The highest BCUT2D eigenvalue weighted by atomic mass is 32.2. The SMILES string of the molecule is CCc1nc(C(NC2CC2)C2CCSC2)sc1C. The Kier molecular flexibility index (Phi) is 3.97. The number of rotatable bonds is 5. The van der Waals surface area contributed by atoms with Gasteiger partial charge in [-0.1, -0.05) is 6.92 Å². The van der Waals surface area contributed by atoms with Gasteiger partial charge in [0.1, 0.15) is 5.01 Å². The van der Waals surface area contributed by atoms with Gasteiger partial charge in [0.05, 0.1) is 11.7 Å². The summed E-state index contributed by atoms with van der Waals surface area (Å²) in [6.07, 6.45) is 5.15. The zero-order valence-electron chi connectivity index (χ0n) is 11.2. The first-order valence-corrected chi connectivity index (χ1v) is 9.05. The first-order chi connectivity index (χ1) is 8.78. The van der Waals surface area contributed by atoms with Crippen molar-refractivity contribution in [2.75, 3.05) is 11.5 Å². The normalized spacial score (nSPS) is 25.6. The summed E-state index contributed by atoms with van der Waals surface area (Å²) in [7, 11) is 0. The van der Waals surface area contributed by atoms with Crippen LogP contribution in [0.4, 0.5) is 0 Å². The number of nitrogens with zero attached hydrogens (tertiary/aromatic N) is 1. The second-order valence-electron chi connectivity index (χ2n) is 5.45. The van der Waals surface area contributed by atoms with Crippen molar-refractivity contribution >= 4 is 23.1 Å². The van der Waals surface area contributed by atoms with Gasteiger partial charge in [0.25, 0.3) is 0 Å². The Morgan fingerprint density at radius 3 is 2.78 bits per heavy atom. The van der Waals surface area contributed by atoms with Gasteiger partial charge in [-0.3, -0.25) is 0 Å². The Bertz CT molecular complexity index is 406. The molecule has 2 unspecified atom stereocenters. The summed E-state index contributed by atoms with van der Waals surface area (Å²) in [5, 5.41) is 5.20. The molecule has 2 atom stereocenters. The van der Waals surface area contributed by atoms with E-state index < -0.39 is 0 Å². The minimum atomic E-state index is 0.525. The summed E-state index contributed by atoms with van der Waals surface area (Å²) in [6, 6.07) is 1.30. The zero-order chi connectivity index (χ0) is 12.5. The van der Waals surface area contributed by atoms with E-state index in [0.717, 1.165) is 18.4 Å². The number of thioether (sulfide) groups is 1. The van der Waals surface area contributed by atoms with Crippen LogP contribution in [0.15, 0.2) is 0 Å². The molecular weight excluding hydrogens is 260 g/mol. The fourth-order valence-electron chi connectivity index (χ4n) is 2.64. The van der Waals surface area contributed by atoms with E-state index in [4.69, 9.17) is 4.98 Å². The van der Waals surface area contributed by atoms with Crippen LogP contribution in [0.25, 0.3) is 0 Å². The summed E-state index contributed by atoms with van der Waals surface area (Å²) in [5.41, 5.74) is 1.31. The lowest BCUT2D eigenvalue weighted by Crippen LogP contribution is -2.30. The van der Waals surface area contributed by atoms with Crippen LogP contribution < -0.4 is 5.32 Å². The van der Waals surface area contributed by atoms with Gasteiger partial charge in [0, 0.05) is 10.9 Å². The Morgan fingerprint density at radius 1 is 1.39 bits per heavy atom. The maximum absolute atomic E-state index is 4.90. The number of thiazole rings is 1. The molecule has 2 fully saturated rings. The van der Waals surface area contributed by atoms with Crippen molar-refractivity contribution in [3.63, 3.8) is 0 Å². The van der Waals surface area contributed by atoms with Crippen LogP contribution in [-0.2, 0) is 6.42 Å². The van der Waals surface area contributed by atoms with Crippen LogP contribution in [0, 0.1) is 12.8 Å². The van der Waals surface area contributed by atoms with E-state index in [-0.39, 0.29) is 0 Å². The monoisotopic (exact) mass is 282 g/mol. The molecule has 0 aromatic carbocycles. The molecule has 18 heavy (non-hydrogen) atoms. The van der Waals surface area contributed by atoms with Crippen molar-refractivity contribution in [3.8, 4) is 0 Å². The van der Waals surface area contributed by atoms with E-state index >= 15 is 0 Å². The lowest BCUT2D eigenvalue weighted by molar-refractivity contribution is 0.388. The van der Waals surface area contributed by atoms with Crippen molar-refractivity contribution in [2.24, 2.45) is 5.92 Å². The predicted molar refractivity (Wildman–Crippen MR) is 80.6 cm³/mol. The van der Waals surface area contributed by atoms with Crippen molar-refractivity contribution in [2.45, 2.75) is 51.6 Å². The Morgan fingerprint density at radius 2 is 2.22 bits per heavy atom. The van der Waals surface area contributed by atoms with Gasteiger partial charge in [0.15, 0.2) is 0 Å². The molecule has 4 heteroatoms. The quantitative estimate of drug-likeness (QED) is 0.894. The van der Waals surface area contributed by atoms with Crippen LogP contribution >= 0.6 is 23.1 Å². The lowest BCUT2D eigenvalue weighted by atomic mass is 9.99. The average molecular weight is 282 g/mol. The summed E-state index contributed by atoms with van der Waals surface area (Å²) in [6.45, 7) is 4.43. The molecule has 2 nitrogen and oxygen atoms in total. The molecule has 1 aromatic rings. The van der Waals surface area contributed by atoms with Crippen LogP contribution in [0.3, 0.4) is 0 Å². The fourth-order valence-corrected chi connectivity index (χ4v) is 5.10. The predicted octanol–water partition coefficient (Wildman–Crippen LogP) is 3.56. The molecule has 0 amide bonds. The number of hydrogen-bond acceptors (Lipinski definition) is 4. The molecule has 2 heterocycles. The molecule has 1 saturated heterocycles. The van der Waals surface area contributed by atoms with Gasteiger partial charge in [0.2, 0.25) is 0 Å². The topological polar surface area (TPSA) is 24.9 Å². The van der Waals surface area contributed by atoms with Crippen LogP contribution in [0.1, 0.15) is 47.8 Å².